The summed E-state index contributed by atoms with van der Waals surface area (Å²) >= 11 is 0. The van der Waals surface area contributed by atoms with Crippen LogP contribution in [0.2, 0.25) is 0 Å². The molecule has 1 rings (SSSR count). The molecule has 0 saturated carbocycles. The largest absolute Gasteiger partial charge is 0.374 e. The van der Waals surface area contributed by atoms with Crippen molar-refractivity contribution >= 4 is 7.60 Å². The van der Waals surface area contributed by atoms with Crippen molar-refractivity contribution < 1.29 is 28.1 Å². The van der Waals surface area contributed by atoms with Crippen LogP contribution in [0.3, 0.4) is 0 Å². The summed E-state index contributed by atoms with van der Waals surface area (Å²) in [6.07, 6.45) is -1.64. The van der Waals surface area contributed by atoms with Crippen molar-refractivity contribution in [2.24, 2.45) is 5.11 Å². The van der Waals surface area contributed by atoms with Crippen molar-refractivity contribution in [3.8, 4) is 0 Å². The molecule has 0 aromatic heterocycles. The summed E-state index contributed by atoms with van der Waals surface area (Å²) in [6, 6.07) is 9.61. The van der Waals surface area contributed by atoms with Crippen molar-refractivity contribution in [1.82, 2.24) is 0 Å². The van der Waals surface area contributed by atoms with E-state index in [4.69, 9.17) is 29.1 Å². The normalized spacial score (nSPS) is 13.0. The van der Waals surface area contributed by atoms with E-state index in [9.17, 15) is 4.57 Å². The van der Waals surface area contributed by atoms with Crippen molar-refractivity contribution in [3.05, 3.63) is 46.3 Å². The minimum atomic E-state index is -3.48. The highest BCUT2D eigenvalue weighted by Crippen LogP contribution is 2.50. The molecule has 0 fully saturated rings. The first-order valence-electron chi connectivity index (χ1n) is 8.71. The second-order valence-corrected chi connectivity index (χ2v) is 8.20. The first-order valence-corrected chi connectivity index (χ1v) is 10.4. The Morgan fingerprint density at radius 3 is 2.30 bits per heavy atom. The van der Waals surface area contributed by atoms with Crippen molar-refractivity contribution in [3.63, 3.8) is 0 Å². The predicted molar refractivity (Wildman–Crippen MR) is 101 cm³/mol. The van der Waals surface area contributed by atoms with Gasteiger partial charge in [-0.05, 0) is 38.8 Å². The fourth-order valence-electron chi connectivity index (χ4n) is 2.04. The molecule has 0 aliphatic heterocycles. The van der Waals surface area contributed by atoms with E-state index < -0.39 is 13.7 Å². The van der Waals surface area contributed by atoms with Gasteiger partial charge in [0.1, 0.15) is 6.10 Å². The first-order chi connectivity index (χ1) is 12.8. The van der Waals surface area contributed by atoms with Crippen LogP contribution in [-0.4, -0.2) is 37.8 Å². The predicted octanol–water partition coefficient (Wildman–Crippen LogP) is 4.83. The maximum Gasteiger partial charge on any atom is 0.359 e. The topological polar surface area (TPSA) is 112 Å². The molecule has 0 aliphatic rings. The minimum Gasteiger partial charge on any atom is -0.374 e. The highest BCUT2D eigenvalue weighted by atomic mass is 31.2. The highest BCUT2D eigenvalue weighted by Gasteiger charge is 2.29. The zero-order chi connectivity index (χ0) is 20.1. The SMILES string of the molecule is CC(C)OP(=O)(COO[C@H](CN=[N+]=[N-])COCc1ccccc1)OC(C)C. The molecular weight excluding hydrogens is 373 g/mol. The van der Waals surface area contributed by atoms with Gasteiger partial charge in [-0.25, -0.2) is 9.78 Å². The second kappa shape index (κ2) is 12.9. The van der Waals surface area contributed by atoms with E-state index in [0.29, 0.717) is 6.61 Å². The van der Waals surface area contributed by atoms with Crippen LogP contribution in [0.4, 0.5) is 0 Å². The monoisotopic (exact) mass is 401 g/mol. The molecule has 0 bridgehead atoms. The second-order valence-electron chi connectivity index (χ2n) is 6.30. The number of hydrogen-bond acceptors (Lipinski definition) is 7. The van der Waals surface area contributed by atoms with Gasteiger partial charge in [0.2, 0.25) is 0 Å². The van der Waals surface area contributed by atoms with Gasteiger partial charge in [0.05, 0.1) is 32.0 Å². The lowest BCUT2D eigenvalue weighted by Gasteiger charge is -2.23. The molecule has 1 aromatic carbocycles. The van der Waals surface area contributed by atoms with Crippen LogP contribution in [0.15, 0.2) is 35.4 Å². The van der Waals surface area contributed by atoms with Crippen molar-refractivity contribution in [1.29, 1.82) is 0 Å². The van der Waals surface area contributed by atoms with E-state index >= 15 is 0 Å². The fourth-order valence-corrected chi connectivity index (χ4v) is 3.69. The summed E-state index contributed by atoms with van der Waals surface area (Å²) in [5, 5.41) is 3.47. The number of ether oxygens (including phenoxy) is 1. The maximum atomic E-state index is 12.7. The third kappa shape index (κ3) is 11.1. The summed E-state index contributed by atoms with van der Waals surface area (Å²) in [6.45, 7) is 7.51. The van der Waals surface area contributed by atoms with Crippen molar-refractivity contribution in [2.75, 3.05) is 19.5 Å². The van der Waals surface area contributed by atoms with Gasteiger partial charge in [0, 0.05) is 4.91 Å². The van der Waals surface area contributed by atoms with Gasteiger partial charge in [-0.1, -0.05) is 35.4 Å². The summed E-state index contributed by atoms with van der Waals surface area (Å²) in [5.74, 6) is 0. The zero-order valence-corrected chi connectivity index (χ0v) is 17.1. The molecular formula is C17H28N3O6P. The molecule has 10 heteroatoms. The van der Waals surface area contributed by atoms with Crippen molar-refractivity contribution in [2.45, 2.75) is 52.6 Å². The van der Waals surface area contributed by atoms with Gasteiger partial charge in [0.15, 0.2) is 6.35 Å². The Balaban J connectivity index is 2.51. The lowest BCUT2D eigenvalue weighted by Crippen LogP contribution is -2.24. The summed E-state index contributed by atoms with van der Waals surface area (Å²) in [5.41, 5.74) is 9.51. The zero-order valence-electron chi connectivity index (χ0n) is 16.2. The Morgan fingerprint density at radius 1 is 1.11 bits per heavy atom. The maximum absolute atomic E-state index is 12.7. The molecule has 0 amide bonds. The molecule has 9 nitrogen and oxygen atoms in total. The van der Waals surface area contributed by atoms with Gasteiger partial charge in [-0.2, -0.15) is 0 Å². The molecule has 0 unspecified atom stereocenters. The number of rotatable bonds is 14. The van der Waals surface area contributed by atoms with Crippen LogP contribution in [-0.2, 0) is 34.7 Å². The van der Waals surface area contributed by atoms with Crippen LogP contribution in [0.5, 0.6) is 0 Å². The third-order valence-electron chi connectivity index (χ3n) is 2.92. The lowest BCUT2D eigenvalue weighted by atomic mass is 10.2. The molecule has 27 heavy (non-hydrogen) atoms. The molecule has 1 atom stereocenters. The van der Waals surface area contributed by atoms with Crippen LogP contribution >= 0.6 is 7.60 Å². The standard InChI is InChI=1S/C17H28N3O6P/c1-14(2)25-27(21,26-15(3)4)13-23-24-17(10-19-20-18)12-22-11-16-8-6-5-7-9-16/h5-9,14-15,17H,10-13H2,1-4H3/t17-/m1/s1. The Labute approximate surface area is 160 Å². The quantitative estimate of drug-likeness (QED) is 0.110. The Hall–Kier alpha value is -1.44. The van der Waals surface area contributed by atoms with E-state index in [2.05, 4.69) is 10.0 Å². The average Bonchev–Trinajstić information content (AvgIpc) is 2.58. The Morgan fingerprint density at radius 2 is 1.74 bits per heavy atom. The molecule has 0 N–H and O–H groups in total. The summed E-state index contributed by atoms with van der Waals surface area (Å²) in [4.78, 5) is 13.0. The van der Waals surface area contributed by atoms with Crippen LogP contribution in [0.1, 0.15) is 33.3 Å². The molecule has 0 heterocycles. The summed E-state index contributed by atoms with van der Waals surface area (Å²) in [7, 11) is -3.48. The van der Waals surface area contributed by atoms with E-state index in [1.54, 1.807) is 27.7 Å². The average molecular weight is 401 g/mol. The minimum absolute atomic E-state index is 0.00562. The van der Waals surface area contributed by atoms with Gasteiger partial charge in [0.25, 0.3) is 0 Å². The van der Waals surface area contributed by atoms with Gasteiger partial charge >= 0.3 is 7.60 Å². The molecule has 152 valence electrons. The van der Waals surface area contributed by atoms with Crippen LogP contribution in [0.25, 0.3) is 10.4 Å². The van der Waals surface area contributed by atoms with Crippen LogP contribution in [0, 0.1) is 0 Å². The van der Waals surface area contributed by atoms with Gasteiger partial charge in [-0.3, -0.25) is 4.57 Å². The van der Waals surface area contributed by atoms with Gasteiger partial charge < -0.3 is 13.8 Å². The molecule has 0 aliphatic carbocycles. The number of azide groups is 1. The highest BCUT2D eigenvalue weighted by molar-refractivity contribution is 7.53. The number of hydrogen-bond donors (Lipinski definition) is 0. The summed E-state index contributed by atoms with van der Waals surface area (Å²) < 4.78 is 29.0. The van der Waals surface area contributed by atoms with Crippen LogP contribution < -0.4 is 0 Å². The van der Waals surface area contributed by atoms with E-state index in [0.717, 1.165) is 5.56 Å². The molecule has 0 radical (unpaired) electrons. The Kier molecular flexibility index (Phi) is 11.2. The number of nitrogens with zero attached hydrogens (tertiary/aromatic N) is 3. The molecule has 1 aromatic rings. The molecule has 0 spiro atoms. The van der Waals surface area contributed by atoms with E-state index in [1.807, 2.05) is 30.3 Å². The lowest BCUT2D eigenvalue weighted by molar-refractivity contribution is -0.318. The fraction of sp³-hybridized carbons (Fsp3) is 0.647. The first kappa shape index (κ1) is 23.6. The molecule has 0 saturated heterocycles. The smallest absolute Gasteiger partial charge is 0.359 e. The third-order valence-corrected chi connectivity index (χ3v) is 4.83. The van der Waals surface area contributed by atoms with Gasteiger partial charge in [-0.15, -0.1) is 0 Å². The number of benzene rings is 1. The Bertz CT molecular complexity index is 608. The van der Waals surface area contributed by atoms with E-state index in [1.165, 1.54) is 0 Å². The van der Waals surface area contributed by atoms with E-state index in [-0.39, 0.29) is 31.7 Å².